The van der Waals surface area contributed by atoms with Crippen LogP contribution >= 0.6 is 34.8 Å². The molecule has 0 aromatic carbocycles. The van der Waals surface area contributed by atoms with Crippen LogP contribution in [0.15, 0.2) is 24.4 Å². The Morgan fingerprint density at radius 2 is 2.19 bits per heavy atom. The first-order valence-electron chi connectivity index (χ1n) is 4.63. The lowest BCUT2D eigenvalue weighted by Gasteiger charge is -2.24. The number of pyridine rings is 1. The van der Waals surface area contributed by atoms with Gasteiger partial charge in [0.2, 0.25) is 9.70 Å². The number of rotatable bonds is 3. The summed E-state index contributed by atoms with van der Waals surface area (Å²) in [6.07, 6.45) is 2.02. The summed E-state index contributed by atoms with van der Waals surface area (Å²) in [6, 6.07) is 4.85. The van der Waals surface area contributed by atoms with E-state index >= 15 is 0 Å². The first-order chi connectivity index (χ1) is 7.39. The summed E-state index contributed by atoms with van der Waals surface area (Å²) in [4.78, 5) is 15.1. The molecule has 1 heterocycles. The van der Waals surface area contributed by atoms with Crippen LogP contribution in [-0.4, -0.2) is 20.7 Å². The Kier molecular flexibility index (Phi) is 4.84. The van der Waals surface area contributed by atoms with Crippen molar-refractivity contribution in [3.8, 4) is 0 Å². The maximum absolute atomic E-state index is 11.0. The zero-order valence-corrected chi connectivity index (χ0v) is 10.9. The van der Waals surface area contributed by atoms with Crippen LogP contribution in [0.1, 0.15) is 12.6 Å². The largest absolute Gasteiger partial charge is 0.349 e. The fourth-order valence-electron chi connectivity index (χ4n) is 1.22. The van der Waals surface area contributed by atoms with Crippen molar-refractivity contribution in [1.82, 2.24) is 10.3 Å². The molecule has 0 aliphatic heterocycles. The van der Waals surface area contributed by atoms with Crippen LogP contribution in [0.5, 0.6) is 0 Å². The van der Waals surface area contributed by atoms with Crippen molar-refractivity contribution >= 4 is 40.7 Å². The number of nitrogens with zero attached hydrogens (tertiary/aromatic N) is 1. The van der Waals surface area contributed by atoms with Crippen LogP contribution in [-0.2, 0) is 11.2 Å². The Balaban J connectivity index is 2.75. The minimum absolute atomic E-state index is 0.243. The van der Waals surface area contributed by atoms with Gasteiger partial charge < -0.3 is 5.32 Å². The van der Waals surface area contributed by atoms with Gasteiger partial charge in [-0.05, 0) is 12.1 Å². The van der Waals surface area contributed by atoms with Gasteiger partial charge >= 0.3 is 0 Å². The number of carbonyl (C=O) groups excluding carboxylic acids is 1. The summed E-state index contributed by atoms with van der Waals surface area (Å²) in [5, 5.41) is 2.59. The van der Waals surface area contributed by atoms with E-state index in [1.165, 1.54) is 6.92 Å². The molecule has 1 N–H and O–H groups in total. The van der Waals surface area contributed by atoms with Gasteiger partial charge in [0.15, 0.2) is 0 Å². The van der Waals surface area contributed by atoms with Gasteiger partial charge in [-0.25, -0.2) is 0 Å². The van der Waals surface area contributed by atoms with E-state index in [0.29, 0.717) is 6.42 Å². The van der Waals surface area contributed by atoms with Crippen molar-refractivity contribution in [3.05, 3.63) is 30.1 Å². The Morgan fingerprint density at radius 1 is 1.50 bits per heavy atom. The van der Waals surface area contributed by atoms with Crippen LogP contribution < -0.4 is 5.32 Å². The molecule has 6 heteroatoms. The Labute approximate surface area is 109 Å². The molecular weight excluding hydrogens is 270 g/mol. The number of hydrogen-bond acceptors (Lipinski definition) is 2. The number of carbonyl (C=O) groups is 1. The van der Waals surface area contributed by atoms with Gasteiger partial charge in [0.25, 0.3) is 0 Å². The van der Waals surface area contributed by atoms with E-state index in [9.17, 15) is 4.79 Å². The summed E-state index contributed by atoms with van der Waals surface area (Å²) >= 11 is 17.3. The van der Waals surface area contributed by atoms with Crippen molar-refractivity contribution in [2.24, 2.45) is 0 Å². The third kappa shape index (κ3) is 4.56. The molecule has 0 bridgehead atoms. The summed E-state index contributed by atoms with van der Waals surface area (Å²) in [5.41, 5.74) is 0.757. The SMILES string of the molecule is CC(=O)NC(Cc1ccccn1)C(Cl)(Cl)Cl. The number of alkyl halides is 3. The molecule has 0 saturated heterocycles. The number of hydrogen-bond donors (Lipinski definition) is 1. The molecule has 1 unspecified atom stereocenters. The van der Waals surface area contributed by atoms with E-state index in [-0.39, 0.29) is 5.91 Å². The number of nitrogens with one attached hydrogen (secondary N) is 1. The molecule has 1 aromatic rings. The van der Waals surface area contributed by atoms with Crippen molar-refractivity contribution in [2.45, 2.75) is 23.2 Å². The van der Waals surface area contributed by atoms with Crippen LogP contribution in [0.25, 0.3) is 0 Å². The molecule has 1 aromatic heterocycles. The molecule has 0 aliphatic carbocycles. The number of amides is 1. The maximum Gasteiger partial charge on any atom is 0.217 e. The normalized spacial score (nSPS) is 13.2. The lowest BCUT2D eigenvalue weighted by molar-refractivity contribution is -0.119. The Morgan fingerprint density at radius 3 is 2.62 bits per heavy atom. The molecule has 1 rings (SSSR count). The lowest BCUT2D eigenvalue weighted by Crippen LogP contribution is -2.44. The molecule has 88 valence electrons. The zero-order chi connectivity index (χ0) is 12.2. The predicted molar refractivity (Wildman–Crippen MR) is 65.8 cm³/mol. The van der Waals surface area contributed by atoms with Gasteiger partial charge in [-0.3, -0.25) is 9.78 Å². The fourth-order valence-corrected chi connectivity index (χ4v) is 1.62. The van der Waals surface area contributed by atoms with E-state index in [2.05, 4.69) is 10.3 Å². The highest BCUT2D eigenvalue weighted by Gasteiger charge is 2.33. The second kappa shape index (κ2) is 5.71. The molecule has 1 atom stereocenters. The first kappa shape index (κ1) is 13.6. The van der Waals surface area contributed by atoms with E-state index < -0.39 is 9.83 Å². The maximum atomic E-state index is 11.0. The highest BCUT2D eigenvalue weighted by Crippen LogP contribution is 2.31. The van der Waals surface area contributed by atoms with Gasteiger partial charge in [0, 0.05) is 25.2 Å². The standard InChI is InChI=1S/C10H11Cl3N2O/c1-7(16)15-9(10(11,12)13)6-8-4-2-3-5-14-8/h2-5,9H,6H2,1H3,(H,15,16). The topological polar surface area (TPSA) is 42.0 Å². The van der Waals surface area contributed by atoms with Crippen molar-refractivity contribution in [3.63, 3.8) is 0 Å². The van der Waals surface area contributed by atoms with Crippen molar-refractivity contribution in [2.75, 3.05) is 0 Å². The summed E-state index contributed by atoms with van der Waals surface area (Å²) < 4.78 is -1.55. The molecule has 0 aliphatic rings. The number of aromatic nitrogens is 1. The van der Waals surface area contributed by atoms with Gasteiger partial charge in [-0.2, -0.15) is 0 Å². The summed E-state index contributed by atoms with van der Waals surface area (Å²) in [6.45, 7) is 1.38. The average Bonchev–Trinajstić information content (AvgIpc) is 2.16. The third-order valence-corrected chi connectivity index (χ3v) is 2.70. The van der Waals surface area contributed by atoms with Gasteiger partial charge in [0.05, 0.1) is 6.04 Å². The van der Waals surface area contributed by atoms with Crippen LogP contribution in [0.4, 0.5) is 0 Å². The molecule has 0 saturated carbocycles. The van der Waals surface area contributed by atoms with Gasteiger partial charge in [-0.15, -0.1) is 0 Å². The summed E-state index contributed by atoms with van der Waals surface area (Å²) in [5.74, 6) is -0.243. The average molecular weight is 282 g/mol. The van der Waals surface area contributed by atoms with Crippen molar-refractivity contribution < 1.29 is 4.79 Å². The van der Waals surface area contributed by atoms with Gasteiger partial charge in [0.1, 0.15) is 0 Å². The van der Waals surface area contributed by atoms with E-state index in [0.717, 1.165) is 5.69 Å². The molecule has 3 nitrogen and oxygen atoms in total. The minimum Gasteiger partial charge on any atom is -0.349 e. The predicted octanol–water partition coefficient (Wildman–Crippen LogP) is 2.50. The quantitative estimate of drug-likeness (QED) is 0.865. The van der Waals surface area contributed by atoms with Crippen LogP contribution in [0, 0.1) is 0 Å². The molecule has 0 radical (unpaired) electrons. The van der Waals surface area contributed by atoms with Crippen LogP contribution in [0.2, 0.25) is 0 Å². The molecule has 0 fully saturated rings. The second-order valence-electron chi connectivity index (χ2n) is 3.32. The molecular formula is C10H11Cl3N2O. The van der Waals surface area contributed by atoms with E-state index in [1.54, 1.807) is 12.3 Å². The smallest absolute Gasteiger partial charge is 0.217 e. The Bertz CT molecular complexity index is 351. The third-order valence-electron chi connectivity index (χ3n) is 1.91. The highest BCUT2D eigenvalue weighted by atomic mass is 35.6. The zero-order valence-electron chi connectivity index (χ0n) is 8.58. The van der Waals surface area contributed by atoms with Gasteiger partial charge in [-0.1, -0.05) is 40.9 Å². The van der Waals surface area contributed by atoms with E-state index in [4.69, 9.17) is 34.8 Å². The summed E-state index contributed by atoms with van der Waals surface area (Å²) in [7, 11) is 0. The highest BCUT2D eigenvalue weighted by molar-refractivity contribution is 6.68. The molecule has 0 spiro atoms. The number of halogens is 3. The fraction of sp³-hybridized carbons (Fsp3) is 0.400. The minimum atomic E-state index is -1.55. The first-order valence-corrected chi connectivity index (χ1v) is 5.76. The van der Waals surface area contributed by atoms with E-state index in [1.807, 2.05) is 12.1 Å². The van der Waals surface area contributed by atoms with Crippen molar-refractivity contribution in [1.29, 1.82) is 0 Å². The Hall–Kier alpha value is -0.510. The lowest BCUT2D eigenvalue weighted by atomic mass is 10.1. The van der Waals surface area contributed by atoms with Crippen LogP contribution in [0.3, 0.4) is 0 Å². The monoisotopic (exact) mass is 280 g/mol. The second-order valence-corrected chi connectivity index (χ2v) is 5.69. The molecule has 16 heavy (non-hydrogen) atoms. The molecule has 1 amide bonds.